The van der Waals surface area contributed by atoms with Gasteiger partial charge in [0.2, 0.25) is 0 Å². The Morgan fingerprint density at radius 3 is 3.11 bits per heavy atom. The smallest absolute Gasteiger partial charge is 0.326 e. The molecule has 1 aliphatic heterocycles. The van der Waals surface area contributed by atoms with Crippen LogP contribution in [0.2, 0.25) is 0 Å². The fraction of sp³-hybridized carbons (Fsp3) is 0.400. The van der Waals surface area contributed by atoms with E-state index in [1.54, 1.807) is 0 Å². The van der Waals surface area contributed by atoms with Crippen molar-refractivity contribution in [3.63, 3.8) is 0 Å². The van der Waals surface area contributed by atoms with E-state index in [1.165, 1.54) is 0 Å². The molecule has 19 heavy (non-hydrogen) atoms. The standard InChI is InChI=1S/C15H17NO3/c1-2-19-12-8-4-7-10-9-5-3-6-11(9)14(15(17)18)16-13(10)12/h3-5,7-9,11,14,16H,2,6H2,1H3,(H,17,18)/t9-,11+,14-/m0/s1. The molecular weight excluding hydrogens is 242 g/mol. The highest BCUT2D eigenvalue weighted by atomic mass is 16.5. The van der Waals surface area contributed by atoms with Crippen LogP contribution in [-0.4, -0.2) is 23.7 Å². The van der Waals surface area contributed by atoms with Crippen LogP contribution in [0.5, 0.6) is 5.75 Å². The number of para-hydroxylation sites is 1. The number of hydrogen-bond donors (Lipinski definition) is 2. The van der Waals surface area contributed by atoms with Crippen molar-refractivity contribution in [2.45, 2.75) is 25.3 Å². The van der Waals surface area contributed by atoms with Crippen LogP contribution in [0.15, 0.2) is 30.4 Å². The maximum atomic E-state index is 11.4. The SMILES string of the molecule is CCOc1cccc2c1N[C@H](C(=O)O)[C@@H]1CC=C[C@@H]21. The fourth-order valence-electron chi connectivity index (χ4n) is 3.11. The molecule has 4 nitrogen and oxygen atoms in total. The molecular formula is C15H17NO3. The summed E-state index contributed by atoms with van der Waals surface area (Å²) in [5.41, 5.74) is 1.98. The van der Waals surface area contributed by atoms with Crippen LogP contribution in [0.25, 0.3) is 0 Å². The van der Waals surface area contributed by atoms with Crippen LogP contribution in [0.1, 0.15) is 24.8 Å². The van der Waals surface area contributed by atoms with Crippen LogP contribution in [0.4, 0.5) is 5.69 Å². The summed E-state index contributed by atoms with van der Waals surface area (Å²) in [6.45, 7) is 2.50. The van der Waals surface area contributed by atoms with Gasteiger partial charge in [0.1, 0.15) is 11.8 Å². The third-order valence-corrected chi connectivity index (χ3v) is 3.92. The van der Waals surface area contributed by atoms with Gasteiger partial charge < -0.3 is 15.2 Å². The molecule has 4 heteroatoms. The van der Waals surface area contributed by atoms with Crippen molar-refractivity contribution in [1.82, 2.24) is 0 Å². The second-order valence-corrected chi connectivity index (χ2v) is 4.97. The monoisotopic (exact) mass is 259 g/mol. The van der Waals surface area contributed by atoms with Crippen molar-refractivity contribution in [2.75, 3.05) is 11.9 Å². The highest BCUT2D eigenvalue weighted by Crippen LogP contribution is 2.47. The summed E-state index contributed by atoms with van der Waals surface area (Å²) in [5.74, 6) is 0.222. The van der Waals surface area contributed by atoms with Crippen molar-refractivity contribution < 1.29 is 14.6 Å². The Morgan fingerprint density at radius 2 is 2.37 bits per heavy atom. The number of nitrogens with one attached hydrogen (secondary N) is 1. The first-order chi connectivity index (χ1) is 9.22. The lowest BCUT2D eigenvalue weighted by Gasteiger charge is -2.35. The Morgan fingerprint density at radius 1 is 1.53 bits per heavy atom. The second-order valence-electron chi connectivity index (χ2n) is 4.97. The van der Waals surface area contributed by atoms with Gasteiger partial charge in [0.15, 0.2) is 0 Å². The second kappa shape index (κ2) is 4.61. The van der Waals surface area contributed by atoms with Crippen molar-refractivity contribution in [3.8, 4) is 5.75 Å². The Balaban J connectivity index is 2.07. The molecule has 0 bridgehead atoms. The molecule has 0 fully saturated rings. The predicted octanol–water partition coefficient (Wildman–Crippen LogP) is 2.62. The lowest BCUT2D eigenvalue weighted by atomic mass is 9.79. The number of aliphatic carboxylic acids is 1. The summed E-state index contributed by atoms with van der Waals surface area (Å²) in [6, 6.07) is 5.35. The fourth-order valence-corrected chi connectivity index (χ4v) is 3.11. The number of fused-ring (bicyclic) bond motifs is 3. The Kier molecular flexibility index (Phi) is 2.93. The third-order valence-electron chi connectivity index (χ3n) is 3.92. The highest BCUT2D eigenvalue weighted by Gasteiger charge is 2.41. The van der Waals surface area contributed by atoms with Gasteiger partial charge in [-0.1, -0.05) is 24.3 Å². The average Bonchev–Trinajstić information content (AvgIpc) is 2.87. The number of anilines is 1. The molecule has 0 unspecified atom stereocenters. The molecule has 2 N–H and O–H groups in total. The van der Waals surface area contributed by atoms with Crippen molar-refractivity contribution in [2.24, 2.45) is 5.92 Å². The van der Waals surface area contributed by atoms with E-state index in [1.807, 2.05) is 19.1 Å². The lowest BCUT2D eigenvalue weighted by molar-refractivity contribution is -0.139. The van der Waals surface area contributed by atoms with Gasteiger partial charge in [-0.3, -0.25) is 0 Å². The minimum atomic E-state index is -0.796. The Bertz CT molecular complexity index is 538. The zero-order valence-electron chi connectivity index (χ0n) is 10.8. The van der Waals surface area contributed by atoms with Gasteiger partial charge in [0.05, 0.1) is 12.3 Å². The normalized spacial score (nSPS) is 27.3. The summed E-state index contributed by atoms with van der Waals surface area (Å²) in [5, 5.41) is 12.6. The number of carbonyl (C=O) groups is 1. The van der Waals surface area contributed by atoms with Crippen molar-refractivity contribution in [1.29, 1.82) is 0 Å². The molecule has 0 aromatic heterocycles. The van der Waals surface area contributed by atoms with Crippen LogP contribution in [0.3, 0.4) is 0 Å². The first kappa shape index (κ1) is 12.1. The lowest BCUT2D eigenvalue weighted by Crippen LogP contribution is -2.41. The van der Waals surface area contributed by atoms with Gasteiger partial charge in [-0.25, -0.2) is 4.79 Å². The first-order valence-corrected chi connectivity index (χ1v) is 6.64. The number of rotatable bonds is 3. The molecule has 3 rings (SSSR count). The van der Waals surface area contributed by atoms with Gasteiger partial charge in [0, 0.05) is 11.8 Å². The quantitative estimate of drug-likeness (QED) is 0.819. The summed E-state index contributed by atoms with van der Waals surface area (Å²) < 4.78 is 5.60. The number of allylic oxidation sites excluding steroid dienone is 2. The number of carboxylic acid groups (broad SMARTS) is 1. The summed E-state index contributed by atoms with van der Waals surface area (Å²) in [7, 11) is 0. The van der Waals surface area contributed by atoms with Crippen molar-refractivity contribution in [3.05, 3.63) is 35.9 Å². The maximum Gasteiger partial charge on any atom is 0.326 e. The van der Waals surface area contributed by atoms with Gasteiger partial charge in [-0.05, 0) is 25.0 Å². The van der Waals surface area contributed by atoms with E-state index in [9.17, 15) is 9.90 Å². The number of ether oxygens (including phenoxy) is 1. The van der Waals surface area contributed by atoms with Gasteiger partial charge >= 0.3 is 5.97 Å². The molecule has 1 heterocycles. The van der Waals surface area contributed by atoms with E-state index < -0.39 is 12.0 Å². The minimum Gasteiger partial charge on any atom is -0.492 e. The average molecular weight is 259 g/mol. The minimum absolute atomic E-state index is 0.0990. The first-order valence-electron chi connectivity index (χ1n) is 6.64. The Hall–Kier alpha value is -1.97. The van der Waals surface area contributed by atoms with Gasteiger partial charge in [-0.15, -0.1) is 0 Å². The summed E-state index contributed by atoms with van der Waals surface area (Å²) >= 11 is 0. The highest BCUT2D eigenvalue weighted by molar-refractivity contribution is 5.82. The summed E-state index contributed by atoms with van der Waals surface area (Å²) in [6.07, 6.45) is 5.01. The van der Waals surface area contributed by atoms with E-state index in [0.717, 1.165) is 23.4 Å². The maximum absolute atomic E-state index is 11.4. The number of hydrogen-bond acceptors (Lipinski definition) is 3. The number of benzene rings is 1. The zero-order chi connectivity index (χ0) is 13.4. The van der Waals surface area contributed by atoms with E-state index in [2.05, 4.69) is 23.5 Å². The zero-order valence-corrected chi connectivity index (χ0v) is 10.8. The van der Waals surface area contributed by atoms with E-state index in [4.69, 9.17) is 4.74 Å². The molecule has 1 aromatic carbocycles. The van der Waals surface area contributed by atoms with Crippen LogP contribution in [-0.2, 0) is 4.79 Å². The molecule has 0 saturated heterocycles. The van der Waals surface area contributed by atoms with Crippen LogP contribution in [0, 0.1) is 5.92 Å². The van der Waals surface area contributed by atoms with Crippen molar-refractivity contribution >= 4 is 11.7 Å². The summed E-state index contributed by atoms with van der Waals surface area (Å²) in [4.78, 5) is 11.4. The molecule has 1 aromatic rings. The number of carboxylic acids is 1. The van der Waals surface area contributed by atoms with E-state index in [0.29, 0.717) is 6.61 Å². The van der Waals surface area contributed by atoms with Crippen LogP contribution >= 0.6 is 0 Å². The van der Waals surface area contributed by atoms with E-state index in [-0.39, 0.29) is 11.8 Å². The van der Waals surface area contributed by atoms with Gasteiger partial charge in [0.25, 0.3) is 0 Å². The molecule has 3 atom stereocenters. The molecule has 0 radical (unpaired) electrons. The van der Waals surface area contributed by atoms with E-state index >= 15 is 0 Å². The molecule has 0 spiro atoms. The van der Waals surface area contributed by atoms with Crippen LogP contribution < -0.4 is 10.1 Å². The predicted molar refractivity (Wildman–Crippen MR) is 72.6 cm³/mol. The molecule has 100 valence electrons. The van der Waals surface area contributed by atoms with Gasteiger partial charge in [-0.2, -0.15) is 0 Å². The molecule has 2 aliphatic rings. The topological polar surface area (TPSA) is 58.6 Å². The molecule has 1 aliphatic carbocycles. The molecule has 0 amide bonds. The third kappa shape index (κ3) is 1.87. The largest absolute Gasteiger partial charge is 0.492 e. The molecule has 0 saturated carbocycles. The Labute approximate surface area is 112 Å².